The molecular formula is C40H56N8O5Si. The van der Waals surface area contributed by atoms with E-state index in [4.69, 9.17) is 24.2 Å². The van der Waals surface area contributed by atoms with Crippen LogP contribution in [0.1, 0.15) is 56.6 Å². The van der Waals surface area contributed by atoms with Gasteiger partial charge in [-0.3, -0.25) is 14.7 Å². The largest absolute Gasteiger partial charge is 0.444 e. The molecule has 2 N–H and O–H groups in total. The van der Waals surface area contributed by atoms with Crippen molar-refractivity contribution in [3.8, 4) is 11.3 Å². The van der Waals surface area contributed by atoms with Gasteiger partial charge in [-0.2, -0.15) is 0 Å². The number of benzene rings is 1. The average molecular weight is 757 g/mol. The van der Waals surface area contributed by atoms with Crippen LogP contribution in [0.4, 0.5) is 16.3 Å². The molecule has 2 amide bonds. The Morgan fingerprint density at radius 3 is 2.57 bits per heavy atom. The van der Waals surface area contributed by atoms with Crippen LogP contribution in [0.5, 0.6) is 0 Å². The molecule has 2 fully saturated rings. The van der Waals surface area contributed by atoms with Gasteiger partial charge in [0.15, 0.2) is 0 Å². The molecule has 2 aliphatic rings. The highest BCUT2D eigenvalue weighted by Crippen LogP contribution is 2.34. The van der Waals surface area contributed by atoms with Crippen LogP contribution in [0, 0.1) is 0 Å². The van der Waals surface area contributed by atoms with Crippen LogP contribution in [-0.2, 0) is 27.5 Å². The van der Waals surface area contributed by atoms with Crippen LogP contribution in [0.25, 0.3) is 22.3 Å². The molecule has 1 aromatic carbocycles. The molecule has 3 aromatic heterocycles. The molecule has 0 bridgehead atoms. The second-order valence-corrected chi connectivity index (χ2v) is 22.3. The molecule has 2 atom stereocenters. The summed E-state index contributed by atoms with van der Waals surface area (Å²) in [7, 11) is -1.26. The molecule has 6 rings (SSSR count). The summed E-state index contributed by atoms with van der Waals surface area (Å²) in [5.41, 5.74) is 4.22. The second-order valence-electron chi connectivity index (χ2n) is 16.7. The van der Waals surface area contributed by atoms with Crippen LogP contribution >= 0.6 is 0 Å². The summed E-state index contributed by atoms with van der Waals surface area (Å²) < 4.78 is 19.5. The zero-order chi connectivity index (χ0) is 38.5. The summed E-state index contributed by atoms with van der Waals surface area (Å²) >= 11 is 0. The number of morpholine rings is 1. The first-order valence-corrected chi connectivity index (χ1v) is 22.8. The molecule has 0 aliphatic carbocycles. The van der Waals surface area contributed by atoms with Gasteiger partial charge in [-0.15, -0.1) is 0 Å². The standard InChI is InChI=1S/C40H56N8O5Si/c1-28-25-51-18-17-47(28)36-33-22-35(48(37(33)43-26-42-36)27-52-19-20-54(5,6)7)30-10-12-31(13-11-30)44-38(49)34-21-29(14-15-41-34)23-46-16-8-9-32(24-46)45-39(50)53-40(2,3)4/h10-15,21-22,26,28,32H,8-9,16-20,23-25,27H2,1-7H3,(H,44,49)(H,45,50)/t28-,32+/m0/s1. The van der Waals surface area contributed by atoms with Crippen molar-refractivity contribution in [1.29, 1.82) is 0 Å². The summed E-state index contributed by atoms with van der Waals surface area (Å²) in [6.45, 7) is 20.2. The van der Waals surface area contributed by atoms with Gasteiger partial charge in [-0.05, 0) is 94.6 Å². The quantitative estimate of drug-likeness (QED) is 0.118. The Morgan fingerprint density at radius 1 is 1.04 bits per heavy atom. The maximum atomic E-state index is 13.4. The molecule has 290 valence electrons. The fourth-order valence-corrected chi connectivity index (χ4v) is 7.65. The summed E-state index contributed by atoms with van der Waals surface area (Å²) in [4.78, 5) is 44.2. The lowest BCUT2D eigenvalue weighted by Crippen LogP contribution is -2.48. The maximum Gasteiger partial charge on any atom is 0.407 e. The first kappa shape index (κ1) is 39.3. The normalized spacial score (nSPS) is 18.5. The Morgan fingerprint density at radius 2 is 1.83 bits per heavy atom. The summed E-state index contributed by atoms with van der Waals surface area (Å²) in [5, 5.41) is 7.00. The Hall–Kier alpha value is -4.37. The zero-order valence-electron chi connectivity index (χ0n) is 32.9. The highest BCUT2D eigenvalue weighted by atomic mass is 28.3. The number of fused-ring (bicyclic) bond motifs is 1. The van der Waals surface area contributed by atoms with E-state index in [9.17, 15) is 9.59 Å². The third kappa shape index (κ3) is 10.4. The van der Waals surface area contributed by atoms with Crippen molar-refractivity contribution in [2.75, 3.05) is 49.7 Å². The number of ether oxygens (including phenoxy) is 3. The fourth-order valence-electron chi connectivity index (χ4n) is 6.89. The van der Waals surface area contributed by atoms with Gasteiger partial charge in [-0.25, -0.2) is 14.8 Å². The van der Waals surface area contributed by atoms with Crippen LogP contribution < -0.4 is 15.5 Å². The Balaban J connectivity index is 1.15. The number of nitrogens with zero attached hydrogens (tertiary/aromatic N) is 6. The first-order valence-electron chi connectivity index (χ1n) is 19.1. The third-order valence-electron chi connectivity index (χ3n) is 9.65. The lowest BCUT2D eigenvalue weighted by molar-refractivity contribution is 0.0470. The topological polar surface area (TPSA) is 136 Å². The summed E-state index contributed by atoms with van der Waals surface area (Å²) in [6, 6.07) is 15.0. The van der Waals surface area contributed by atoms with Gasteiger partial charge in [0, 0.05) is 52.2 Å². The molecule has 13 nitrogen and oxygen atoms in total. The number of piperidine rings is 1. The van der Waals surface area contributed by atoms with E-state index < -0.39 is 19.8 Å². The molecule has 2 saturated heterocycles. The Labute approximate surface area is 319 Å². The second kappa shape index (κ2) is 17.0. The van der Waals surface area contributed by atoms with Crippen molar-refractivity contribution in [2.45, 2.75) is 97.2 Å². The molecule has 54 heavy (non-hydrogen) atoms. The minimum absolute atomic E-state index is 0.00774. The van der Waals surface area contributed by atoms with Gasteiger partial charge >= 0.3 is 6.09 Å². The molecular weight excluding hydrogens is 701 g/mol. The number of alkyl carbamates (subject to hydrolysis) is 1. The van der Waals surface area contributed by atoms with E-state index in [2.05, 4.69) is 62.6 Å². The Kier molecular flexibility index (Phi) is 12.4. The molecule has 4 aromatic rings. The van der Waals surface area contributed by atoms with Gasteiger partial charge in [0.2, 0.25) is 0 Å². The number of rotatable bonds is 12. The van der Waals surface area contributed by atoms with E-state index in [1.807, 2.05) is 57.2 Å². The summed E-state index contributed by atoms with van der Waals surface area (Å²) in [5.74, 6) is 0.617. The van der Waals surface area contributed by atoms with E-state index in [0.717, 1.165) is 65.6 Å². The molecule has 0 radical (unpaired) electrons. The van der Waals surface area contributed by atoms with E-state index in [-0.39, 0.29) is 18.0 Å². The number of anilines is 2. The van der Waals surface area contributed by atoms with Crippen molar-refractivity contribution in [2.24, 2.45) is 0 Å². The van der Waals surface area contributed by atoms with E-state index in [1.165, 1.54) is 0 Å². The number of nitrogens with one attached hydrogen (secondary N) is 2. The van der Waals surface area contributed by atoms with Crippen molar-refractivity contribution < 1.29 is 23.8 Å². The number of likely N-dealkylation sites (tertiary alicyclic amines) is 1. The summed E-state index contributed by atoms with van der Waals surface area (Å²) in [6.07, 6.45) is 4.78. The monoisotopic (exact) mass is 756 g/mol. The van der Waals surface area contributed by atoms with Gasteiger partial charge in [0.05, 0.1) is 30.3 Å². The number of hydrogen-bond acceptors (Lipinski definition) is 10. The molecule has 14 heteroatoms. The number of aromatic nitrogens is 4. The lowest BCUT2D eigenvalue weighted by atomic mass is 10.0. The molecule has 2 aliphatic heterocycles. The maximum absolute atomic E-state index is 13.4. The van der Waals surface area contributed by atoms with Crippen LogP contribution in [0.2, 0.25) is 25.7 Å². The number of amides is 2. The predicted molar refractivity (Wildman–Crippen MR) is 215 cm³/mol. The predicted octanol–water partition coefficient (Wildman–Crippen LogP) is 6.77. The van der Waals surface area contributed by atoms with Crippen molar-refractivity contribution in [1.82, 2.24) is 29.7 Å². The van der Waals surface area contributed by atoms with Crippen molar-refractivity contribution in [3.63, 3.8) is 0 Å². The highest BCUT2D eigenvalue weighted by Gasteiger charge is 2.26. The highest BCUT2D eigenvalue weighted by molar-refractivity contribution is 6.76. The Bertz CT molecular complexity index is 1900. The van der Waals surface area contributed by atoms with Crippen LogP contribution in [0.3, 0.4) is 0 Å². The minimum atomic E-state index is -1.26. The van der Waals surface area contributed by atoms with Crippen molar-refractivity contribution in [3.05, 3.63) is 66.2 Å². The van der Waals surface area contributed by atoms with Crippen molar-refractivity contribution >= 4 is 42.6 Å². The molecule has 0 spiro atoms. The third-order valence-corrected chi connectivity index (χ3v) is 11.4. The number of hydrogen-bond donors (Lipinski definition) is 2. The SMILES string of the molecule is C[C@H]1COCCN1c1ncnc2c1cc(-c1ccc(NC(=O)c3cc(CN4CCC[C@@H](NC(=O)OC(C)(C)C)C4)ccn3)cc1)n2COCC[Si](C)(C)C. The van der Waals surface area contributed by atoms with Crippen LogP contribution in [-0.4, -0.2) is 102 Å². The van der Waals surface area contributed by atoms with E-state index >= 15 is 0 Å². The van der Waals surface area contributed by atoms with Gasteiger partial charge in [0.1, 0.15) is 35.8 Å². The molecule has 0 saturated carbocycles. The van der Waals surface area contributed by atoms with Crippen LogP contribution in [0.15, 0.2) is 55.0 Å². The van der Waals surface area contributed by atoms with Gasteiger partial charge in [0.25, 0.3) is 5.91 Å². The molecule has 5 heterocycles. The van der Waals surface area contributed by atoms with Gasteiger partial charge in [-0.1, -0.05) is 31.8 Å². The number of carbonyl (C=O) groups excluding carboxylic acids is 2. The fraction of sp³-hybridized carbons (Fsp3) is 0.525. The van der Waals surface area contributed by atoms with E-state index in [1.54, 1.807) is 12.5 Å². The number of carbonyl (C=O) groups is 2. The first-order chi connectivity index (χ1) is 25.7. The van der Waals surface area contributed by atoms with Gasteiger partial charge < -0.3 is 34.3 Å². The minimum Gasteiger partial charge on any atom is -0.444 e. The number of pyridine rings is 1. The average Bonchev–Trinajstić information content (AvgIpc) is 3.48. The lowest BCUT2D eigenvalue weighted by Gasteiger charge is -2.34. The molecule has 0 unspecified atom stereocenters. The smallest absolute Gasteiger partial charge is 0.407 e. The van der Waals surface area contributed by atoms with E-state index in [0.29, 0.717) is 51.0 Å². The zero-order valence-corrected chi connectivity index (χ0v) is 33.9.